The molecule has 0 aliphatic heterocycles. The summed E-state index contributed by atoms with van der Waals surface area (Å²) >= 11 is 0. The van der Waals surface area contributed by atoms with Gasteiger partial charge in [-0.3, -0.25) is 0 Å². The van der Waals surface area contributed by atoms with Gasteiger partial charge in [0.15, 0.2) is 0 Å². The Morgan fingerprint density at radius 3 is 2.12 bits per heavy atom. The lowest BCUT2D eigenvalue weighted by Crippen LogP contribution is -1.93. The second-order valence-electron chi connectivity index (χ2n) is 7.28. The molecule has 26 heavy (non-hydrogen) atoms. The van der Waals surface area contributed by atoms with Gasteiger partial charge >= 0.3 is 0 Å². The van der Waals surface area contributed by atoms with Crippen LogP contribution in [0.2, 0.25) is 0 Å². The number of rotatable bonds is 3. The minimum atomic E-state index is 1.13. The molecule has 0 saturated heterocycles. The highest BCUT2D eigenvalue weighted by atomic mass is 14.3. The third kappa shape index (κ3) is 2.08. The largest absolute Gasteiger partial charge is 0.0651 e. The lowest BCUT2D eigenvalue weighted by atomic mass is 9.88. The zero-order valence-electron chi connectivity index (χ0n) is 15.3. The van der Waals surface area contributed by atoms with E-state index in [0.717, 1.165) is 6.42 Å². The van der Waals surface area contributed by atoms with E-state index in [-0.39, 0.29) is 0 Å². The fraction of sp³-hybridized carbons (Fsp3) is 0.154. The van der Waals surface area contributed by atoms with Crippen LogP contribution in [0.5, 0.6) is 0 Å². The molecule has 5 rings (SSSR count). The summed E-state index contributed by atoms with van der Waals surface area (Å²) in [4.78, 5) is 0. The van der Waals surface area contributed by atoms with E-state index in [1.165, 1.54) is 61.7 Å². The molecule has 4 aromatic rings. The molecule has 0 radical (unpaired) electrons. The average molecular weight is 334 g/mol. The van der Waals surface area contributed by atoms with Crippen molar-refractivity contribution < 1.29 is 0 Å². The van der Waals surface area contributed by atoms with Crippen LogP contribution < -0.4 is 0 Å². The Kier molecular flexibility index (Phi) is 3.46. The minimum Gasteiger partial charge on any atom is -0.0651 e. The molecule has 0 N–H and O–H groups in total. The van der Waals surface area contributed by atoms with Gasteiger partial charge in [0.1, 0.15) is 0 Å². The van der Waals surface area contributed by atoms with Crippen LogP contribution in [0, 0.1) is 6.92 Å². The Morgan fingerprint density at radius 2 is 1.31 bits per heavy atom. The van der Waals surface area contributed by atoms with Crippen LogP contribution in [0.3, 0.4) is 0 Å². The van der Waals surface area contributed by atoms with E-state index in [1.807, 2.05) is 0 Å². The third-order valence-electron chi connectivity index (χ3n) is 5.76. The summed E-state index contributed by atoms with van der Waals surface area (Å²) in [5, 5.41) is 2.75. The average Bonchev–Trinajstić information content (AvgIpc) is 3.00. The summed E-state index contributed by atoms with van der Waals surface area (Å²) in [6.07, 6.45) is 2.30. The van der Waals surface area contributed by atoms with Crippen molar-refractivity contribution in [3.05, 3.63) is 83.9 Å². The zero-order valence-corrected chi connectivity index (χ0v) is 15.3. The lowest BCUT2D eigenvalue weighted by molar-refractivity contribution is 0.923. The highest BCUT2D eigenvalue weighted by molar-refractivity contribution is 6.16. The van der Waals surface area contributed by atoms with E-state index in [0.29, 0.717) is 0 Å². The number of benzene rings is 4. The zero-order chi connectivity index (χ0) is 17.7. The SMILES string of the molecule is CCCc1ccccc1-c1ccc2c(c1C)-c1cccc3cccc-2c13. The van der Waals surface area contributed by atoms with Crippen LogP contribution in [0.15, 0.2) is 72.8 Å². The molecule has 0 nitrogen and oxygen atoms in total. The van der Waals surface area contributed by atoms with Gasteiger partial charge in [0.2, 0.25) is 0 Å². The maximum atomic E-state index is 2.33. The van der Waals surface area contributed by atoms with Crippen molar-refractivity contribution in [3.8, 4) is 33.4 Å². The molecule has 1 aliphatic rings. The van der Waals surface area contributed by atoms with E-state index in [2.05, 4.69) is 86.6 Å². The normalized spacial score (nSPS) is 11.8. The first-order chi connectivity index (χ1) is 12.8. The van der Waals surface area contributed by atoms with Gasteiger partial charge < -0.3 is 0 Å². The molecular formula is C26H22. The van der Waals surface area contributed by atoms with E-state index < -0.39 is 0 Å². The van der Waals surface area contributed by atoms with Gasteiger partial charge in [0, 0.05) is 0 Å². The number of hydrogen-bond donors (Lipinski definition) is 0. The van der Waals surface area contributed by atoms with Gasteiger partial charge in [0.05, 0.1) is 0 Å². The summed E-state index contributed by atoms with van der Waals surface area (Å²) in [6, 6.07) is 26.9. The highest BCUT2D eigenvalue weighted by Gasteiger charge is 2.24. The Morgan fingerprint density at radius 1 is 0.615 bits per heavy atom. The van der Waals surface area contributed by atoms with Crippen molar-refractivity contribution in [1.29, 1.82) is 0 Å². The van der Waals surface area contributed by atoms with Crippen LogP contribution in [0.1, 0.15) is 24.5 Å². The van der Waals surface area contributed by atoms with Crippen LogP contribution >= 0.6 is 0 Å². The molecule has 0 aromatic heterocycles. The van der Waals surface area contributed by atoms with Crippen molar-refractivity contribution in [3.63, 3.8) is 0 Å². The molecular weight excluding hydrogens is 312 g/mol. The number of fused-ring (bicyclic) bond motifs is 3. The van der Waals surface area contributed by atoms with Crippen molar-refractivity contribution in [2.45, 2.75) is 26.7 Å². The molecule has 0 atom stereocenters. The van der Waals surface area contributed by atoms with E-state index in [4.69, 9.17) is 0 Å². The lowest BCUT2D eigenvalue weighted by Gasteiger charge is -2.15. The monoisotopic (exact) mass is 334 g/mol. The Hall–Kier alpha value is -2.86. The van der Waals surface area contributed by atoms with Crippen LogP contribution in [-0.4, -0.2) is 0 Å². The molecule has 0 heterocycles. The summed E-state index contributed by atoms with van der Waals surface area (Å²) in [5.41, 5.74) is 11.2. The number of aryl methyl sites for hydroxylation is 1. The summed E-state index contributed by atoms with van der Waals surface area (Å²) in [5.74, 6) is 0. The summed E-state index contributed by atoms with van der Waals surface area (Å²) < 4.78 is 0. The molecule has 0 amide bonds. The first kappa shape index (κ1) is 15.4. The number of hydrogen-bond acceptors (Lipinski definition) is 0. The van der Waals surface area contributed by atoms with Gasteiger partial charge in [-0.1, -0.05) is 86.1 Å². The standard InChI is InChI=1S/C26H22/c1-3-8-18-9-4-5-12-21(18)20-15-16-23-22-13-6-10-19-11-7-14-24(26(19)22)25(23)17(20)2/h4-7,9-16H,3,8H2,1-2H3. The molecule has 126 valence electrons. The van der Waals surface area contributed by atoms with Crippen molar-refractivity contribution in [2.24, 2.45) is 0 Å². The van der Waals surface area contributed by atoms with Crippen molar-refractivity contribution in [2.75, 3.05) is 0 Å². The van der Waals surface area contributed by atoms with Crippen LogP contribution in [0.25, 0.3) is 44.2 Å². The Balaban J connectivity index is 1.80. The Labute approximate surface area is 155 Å². The maximum Gasteiger partial charge on any atom is -0.00263 e. The molecule has 0 bridgehead atoms. The first-order valence-electron chi connectivity index (χ1n) is 9.54. The van der Waals surface area contributed by atoms with Crippen LogP contribution in [-0.2, 0) is 6.42 Å². The van der Waals surface area contributed by atoms with Crippen molar-refractivity contribution in [1.82, 2.24) is 0 Å². The Bertz CT molecular complexity index is 1140. The second-order valence-corrected chi connectivity index (χ2v) is 7.28. The topological polar surface area (TPSA) is 0 Å². The summed E-state index contributed by atoms with van der Waals surface area (Å²) in [7, 11) is 0. The third-order valence-corrected chi connectivity index (χ3v) is 5.76. The molecule has 0 unspecified atom stereocenters. The quantitative estimate of drug-likeness (QED) is 0.322. The van der Waals surface area contributed by atoms with Crippen molar-refractivity contribution >= 4 is 10.8 Å². The van der Waals surface area contributed by atoms with Crippen LogP contribution in [0.4, 0.5) is 0 Å². The second kappa shape index (κ2) is 5.85. The summed E-state index contributed by atoms with van der Waals surface area (Å²) in [6.45, 7) is 4.55. The fourth-order valence-electron chi connectivity index (χ4n) is 4.62. The molecule has 0 saturated carbocycles. The van der Waals surface area contributed by atoms with E-state index >= 15 is 0 Å². The smallest absolute Gasteiger partial charge is 0.00263 e. The van der Waals surface area contributed by atoms with Gasteiger partial charge in [-0.05, 0) is 68.6 Å². The predicted octanol–water partition coefficient (Wildman–Crippen LogP) is 7.42. The fourth-order valence-corrected chi connectivity index (χ4v) is 4.62. The molecule has 0 fully saturated rings. The maximum absolute atomic E-state index is 2.33. The van der Waals surface area contributed by atoms with E-state index in [9.17, 15) is 0 Å². The van der Waals surface area contributed by atoms with E-state index in [1.54, 1.807) is 0 Å². The first-order valence-corrected chi connectivity index (χ1v) is 9.54. The molecule has 0 spiro atoms. The van der Waals surface area contributed by atoms with Gasteiger partial charge in [0.25, 0.3) is 0 Å². The molecule has 4 aromatic carbocycles. The van der Waals surface area contributed by atoms with Gasteiger partial charge in [-0.25, -0.2) is 0 Å². The highest BCUT2D eigenvalue weighted by Crippen LogP contribution is 2.50. The van der Waals surface area contributed by atoms with Gasteiger partial charge in [-0.15, -0.1) is 0 Å². The molecule has 1 aliphatic carbocycles. The minimum absolute atomic E-state index is 1.13. The van der Waals surface area contributed by atoms with Gasteiger partial charge in [-0.2, -0.15) is 0 Å². The molecule has 0 heteroatoms. The predicted molar refractivity (Wildman–Crippen MR) is 113 cm³/mol.